The van der Waals surface area contributed by atoms with Crippen LogP contribution in [-0.2, 0) is 13.1 Å². The molecular formula is C12H19N3S. The number of hydrogen-bond donors (Lipinski definition) is 1. The molecule has 1 saturated heterocycles. The van der Waals surface area contributed by atoms with Gasteiger partial charge in [-0.15, -0.1) is 0 Å². The Kier molecular flexibility index (Phi) is 4.21. The van der Waals surface area contributed by atoms with Gasteiger partial charge in [0, 0.05) is 43.4 Å². The van der Waals surface area contributed by atoms with Crippen molar-refractivity contribution >= 4 is 11.8 Å². The van der Waals surface area contributed by atoms with Crippen molar-refractivity contribution in [2.75, 3.05) is 18.8 Å². The Morgan fingerprint density at radius 2 is 2.44 bits per heavy atom. The fourth-order valence-corrected chi connectivity index (χ4v) is 3.01. The third-order valence-corrected chi connectivity index (χ3v) is 3.97. The summed E-state index contributed by atoms with van der Waals surface area (Å²) in [5.74, 6) is 1.24. The van der Waals surface area contributed by atoms with Crippen molar-refractivity contribution in [3.05, 3.63) is 29.6 Å². The fourth-order valence-electron chi connectivity index (χ4n) is 1.93. The Morgan fingerprint density at radius 3 is 3.06 bits per heavy atom. The van der Waals surface area contributed by atoms with Crippen molar-refractivity contribution in [2.24, 2.45) is 5.73 Å². The first-order valence-electron chi connectivity index (χ1n) is 5.76. The predicted molar refractivity (Wildman–Crippen MR) is 69.3 cm³/mol. The lowest BCUT2D eigenvalue weighted by atomic mass is 10.2. The summed E-state index contributed by atoms with van der Waals surface area (Å²) in [6.45, 7) is 6.18. The largest absolute Gasteiger partial charge is 0.326 e. The maximum atomic E-state index is 5.55. The lowest BCUT2D eigenvalue weighted by molar-refractivity contribution is 0.275. The highest BCUT2D eigenvalue weighted by Gasteiger charge is 2.16. The molecule has 4 heteroatoms. The first kappa shape index (κ1) is 11.9. The van der Waals surface area contributed by atoms with Crippen molar-refractivity contribution in [3.8, 4) is 0 Å². The summed E-state index contributed by atoms with van der Waals surface area (Å²) in [5, 5.41) is 0.747. The molecule has 1 fully saturated rings. The van der Waals surface area contributed by atoms with Gasteiger partial charge in [0.15, 0.2) is 0 Å². The molecule has 1 aromatic rings. The van der Waals surface area contributed by atoms with Crippen LogP contribution in [-0.4, -0.2) is 34.0 Å². The van der Waals surface area contributed by atoms with Crippen molar-refractivity contribution < 1.29 is 0 Å². The molecule has 0 saturated carbocycles. The molecular weight excluding hydrogens is 218 g/mol. The summed E-state index contributed by atoms with van der Waals surface area (Å²) in [5.41, 5.74) is 7.80. The third-order valence-electron chi connectivity index (χ3n) is 2.83. The van der Waals surface area contributed by atoms with E-state index in [9.17, 15) is 0 Å². The molecule has 2 rings (SSSR count). The van der Waals surface area contributed by atoms with Crippen LogP contribution in [0.5, 0.6) is 0 Å². The Morgan fingerprint density at radius 1 is 1.56 bits per heavy atom. The average Bonchev–Trinajstić information content (AvgIpc) is 2.30. The van der Waals surface area contributed by atoms with Gasteiger partial charge in [0.2, 0.25) is 0 Å². The van der Waals surface area contributed by atoms with E-state index in [1.807, 2.05) is 6.20 Å². The number of pyridine rings is 1. The molecule has 1 unspecified atom stereocenters. The van der Waals surface area contributed by atoms with Gasteiger partial charge in [-0.2, -0.15) is 11.8 Å². The van der Waals surface area contributed by atoms with E-state index in [1.165, 1.54) is 18.8 Å². The van der Waals surface area contributed by atoms with E-state index in [2.05, 4.69) is 40.7 Å². The van der Waals surface area contributed by atoms with Gasteiger partial charge >= 0.3 is 0 Å². The molecule has 2 heterocycles. The van der Waals surface area contributed by atoms with Crippen LogP contribution in [0.4, 0.5) is 0 Å². The van der Waals surface area contributed by atoms with Crippen molar-refractivity contribution in [3.63, 3.8) is 0 Å². The van der Waals surface area contributed by atoms with E-state index in [0.29, 0.717) is 6.54 Å². The zero-order chi connectivity index (χ0) is 11.4. The molecule has 0 spiro atoms. The molecule has 0 aliphatic carbocycles. The van der Waals surface area contributed by atoms with Gasteiger partial charge < -0.3 is 5.73 Å². The minimum Gasteiger partial charge on any atom is -0.326 e. The minimum atomic E-state index is 0.574. The number of nitrogens with two attached hydrogens (primary N) is 1. The molecule has 1 aliphatic heterocycles. The molecule has 88 valence electrons. The zero-order valence-corrected chi connectivity index (χ0v) is 10.5. The van der Waals surface area contributed by atoms with Crippen LogP contribution < -0.4 is 5.73 Å². The van der Waals surface area contributed by atoms with Crippen LogP contribution in [0.3, 0.4) is 0 Å². The maximum absolute atomic E-state index is 5.55. The van der Waals surface area contributed by atoms with Crippen LogP contribution in [0, 0.1) is 0 Å². The second-order valence-corrected chi connectivity index (χ2v) is 5.82. The summed E-state index contributed by atoms with van der Waals surface area (Å²) >= 11 is 2.06. The molecule has 3 nitrogen and oxygen atoms in total. The van der Waals surface area contributed by atoms with Gasteiger partial charge in [-0.25, -0.2) is 0 Å². The minimum absolute atomic E-state index is 0.574. The molecule has 0 radical (unpaired) electrons. The van der Waals surface area contributed by atoms with Gasteiger partial charge in [0.05, 0.1) is 5.69 Å². The Hall–Kier alpha value is -0.580. The molecule has 1 aromatic heterocycles. The molecule has 0 bridgehead atoms. The predicted octanol–water partition coefficient (Wildman–Crippen LogP) is 1.48. The molecule has 2 N–H and O–H groups in total. The summed E-state index contributed by atoms with van der Waals surface area (Å²) < 4.78 is 0. The van der Waals surface area contributed by atoms with Crippen molar-refractivity contribution in [1.29, 1.82) is 0 Å². The Balaban J connectivity index is 1.92. The van der Waals surface area contributed by atoms with E-state index in [1.54, 1.807) is 0 Å². The van der Waals surface area contributed by atoms with Gasteiger partial charge in [-0.05, 0) is 11.6 Å². The van der Waals surface area contributed by atoms with Crippen LogP contribution >= 0.6 is 11.8 Å². The molecule has 1 atom stereocenters. The number of hydrogen-bond acceptors (Lipinski definition) is 4. The molecule has 0 aromatic carbocycles. The van der Waals surface area contributed by atoms with Gasteiger partial charge in [-0.3, -0.25) is 9.88 Å². The number of aromatic nitrogens is 1. The molecule has 1 aliphatic rings. The number of nitrogens with zero attached hydrogens (tertiary/aromatic N) is 2. The van der Waals surface area contributed by atoms with E-state index in [4.69, 9.17) is 5.73 Å². The normalized spacial score (nSPS) is 22.2. The van der Waals surface area contributed by atoms with Crippen molar-refractivity contribution in [1.82, 2.24) is 9.88 Å². The SMILES string of the molecule is CC1CN(Cc2ccc(CN)cn2)CCS1. The zero-order valence-electron chi connectivity index (χ0n) is 9.72. The Bertz CT molecular complexity index is 326. The third kappa shape index (κ3) is 3.20. The number of thioether (sulfide) groups is 1. The smallest absolute Gasteiger partial charge is 0.0544 e. The van der Waals surface area contributed by atoms with E-state index in [0.717, 1.165) is 23.1 Å². The lowest BCUT2D eigenvalue weighted by Gasteiger charge is -2.30. The lowest BCUT2D eigenvalue weighted by Crippen LogP contribution is -2.36. The maximum Gasteiger partial charge on any atom is 0.0544 e. The second kappa shape index (κ2) is 5.66. The van der Waals surface area contributed by atoms with Gasteiger partial charge in [-0.1, -0.05) is 13.0 Å². The fraction of sp³-hybridized carbons (Fsp3) is 0.583. The van der Waals surface area contributed by atoms with E-state index >= 15 is 0 Å². The summed E-state index contributed by atoms with van der Waals surface area (Å²) in [4.78, 5) is 6.92. The van der Waals surface area contributed by atoms with Gasteiger partial charge in [0.1, 0.15) is 0 Å². The van der Waals surface area contributed by atoms with Crippen LogP contribution in [0.15, 0.2) is 18.3 Å². The number of rotatable bonds is 3. The van der Waals surface area contributed by atoms with Crippen LogP contribution in [0.25, 0.3) is 0 Å². The second-order valence-electron chi connectivity index (χ2n) is 4.28. The molecule has 16 heavy (non-hydrogen) atoms. The van der Waals surface area contributed by atoms with Crippen LogP contribution in [0.1, 0.15) is 18.2 Å². The average molecular weight is 237 g/mol. The van der Waals surface area contributed by atoms with Crippen LogP contribution in [0.2, 0.25) is 0 Å². The summed E-state index contributed by atoms with van der Waals surface area (Å²) in [7, 11) is 0. The van der Waals surface area contributed by atoms with E-state index < -0.39 is 0 Å². The topological polar surface area (TPSA) is 42.1 Å². The van der Waals surface area contributed by atoms with Gasteiger partial charge in [0.25, 0.3) is 0 Å². The highest BCUT2D eigenvalue weighted by atomic mass is 32.2. The monoisotopic (exact) mass is 237 g/mol. The highest BCUT2D eigenvalue weighted by Crippen LogP contribution is 2.18. The first-order chi connectivity index (χ1) is 7.78. The molecule has 0 amide bonds. The quantitative estimate of drug-likeness (QED) is 0.864. The first-order valence-corrected chi connectivity index (χ1v) is 6.80. The summed E-state index contributed by atoms with van der Waals surface area (Å²) in [6, 6.07) is 4.17. The Labute approximate surface area is 101 Å². The standard InChI is InChI=1S/C12H19N3S/c1-10-8-15(4-5-16-10)9-12-3-2-11(6-13)7-14-12/h2-3,7,10H,4-6,8-9,13H2,1H3. The summed E-state index contributed by atoms with van der Waals surface area (Å²) in [6.07, 6.45) is 1.89. The highest BCUT2D eigenvalue weighted by molar-refractivity contribution is 7.99. The van der Waals surface area contributed by atoms with Crippen molar-refractivity contribution in [2.45, 2.75) is 25.3 Å². The van der Waals surface area contributed by atoms with E-state index in [-0.39, 0.29) is 0 Å².